The van der Waals surface area contributed by atoms with Crippen molar-refractivity contribution in [2.75, 3.05) is 5.32 Å². The standard InChI is InChI=1S/C14H15BrN2O3S/c1-9-12(3-2-4-14(9)21(16,19)20)17-8-10-5-6-13(18)11(15)7-10/h2-7,17-18H,8H2,1H3,(H2,16,19,20). The SMILES string of the molecule is Cc1c(NCc2ccc(O)c(Br)c2)cccc1S(N)(=O)=O. The van der Waals surface area contributed by atoms with E-state index in [9.17, 15) is 13.5 Å². The summed E-state index contributed by atoms with van der Waals surface area (Å²) in [5.74, 6) is 0.172. The van der Waals surface area contributed by atoms with Gasteiger partial charge in [-0.3, -0.25) is 0 Å². The highest BCUT2D eigenvalue weighted by atomic mass is 79.9. The molecule has 0 radical (unpaired) electrons. The zero-order valence-electron chi connectivity index (χ0n) is 11.3. The second-order valence-electron chi connectivity index (χ2n) is 4.61. The highest BCUT2D eigenvalue weighted by Crippen LogP contribution is 2.26. The lowest BCUT2D eigenvalue weighted by Gasteiger charge is -2.12. The van der Waals surface area contributed by atoms with Gasteiger partial charge in [0.2, 0.25) is 10.0 Å². The molecule has 5 nitrogen and oxygen atoms in total. The first-order chi connectivity index (χ1) is 9.79. The van der Waals surface area contributed by atoms with Crippen LogP contribution in [-0.4, -0.2) is 13.5 Å². The maximum Gasteiger partial charge on any atom is 0.238 e. The van der Waals surface area contributed by atoms with E-state index in [1.807, 2.05) is 0 Å². The van der Waals surface area contributed by atoms with E-state index >= 15 is 0 Å². The van der Waals surface area contributed by atoms with Gasteiger partial charge in [-0.1, -0.05) is 12.1 Å². The van der Waals surface area contributed by atoms with Crippen molar-refractivity contribution in [3.8, 4) is 5.75 Å². The zero-order chi connectivity index (χ0) is 15.6. The molecule has 0 amide bonds. The molecule has 0 heterocycles. The molecular formula is C14H15BrN2O3S. The Morgan fingerprint density at radius 3 is 2.62 bits per heavy atom. The summed E-state index contributed by atoms with van der Waals surface area (Å²) in [6.45, 7) is 2.20. The molecule has 0 fully saturated rings. The fraction of sp³-hybridized carbons (Fsp3) is 0.143. The van der Waals surface area contributed by atoms with Crippen LogP contribution < -0.4 is 10.5 Å². The Hall–Kier alpha value is -1.57. The molecule has 112 valence electrons. The van der Waals surface area contributed by atoms with Gasteiger partial charge in [-0.05, 0) is 58.2 Å². The van der Waals surface area contributed by atoms with Crippen LogP contribution in [0.15, 0.2) is 45.8 Å². The van der Waals surface area contributed by atoms with Crippen LogP contribution in [0.3, 0.4) is 0 Å². The van der Waals surface area contributed by atoms with Crippen LogP contribution in [-0.2, 0) is 16.6 Å². The van der Waals surface area contributed by atoms with Crippen molar-refractivity contribution in [3.05, 3.63) is 52.0 Å². The van der Waals surface area contributed by atoms with Gasteiger partial charge in [0.25, 0.3) is 0 Å². The molecule has 21 heavy (non-hydrogen) atoms. The van der Waals surface area contributed by atoms with Crippen molar-refractivity contribution in [3.63, 3.8) is 0 Å². The van der Waals surface area contributed by atoms with Crippen molar-refractivity contribution >= 4 is 31.6 Å². The molecule has 2 aromatic rings. The first-order valence-corrected chi connectivity index (χ1v) is 8.46. The van der Waals surface area contributed by atoms with Gasteiger partial charge in [0.15, 0.2) is 0 Å². The summed E-state index contributed by atoms with van der Waals surface area (Å²) in [5.41, 5.74) is 2.23. The first kappa shape index (κ1) is 15.8. The van der Waals surface area contributed by atoms with E-state index in [0.717, 1.165) is 5.56 Å². The second kappa shape index (κ2) is 6.05. The number of anilines is 1. The third-order valence-electron chi connectivity index (χ3n) is 3.09. The van der Waals surface area contributed by atoms with Crippen molar-refractivity contribution in [2.24, 2.45) is 5.14 Å². The summed E-state index contributed by atoms with van der Waals surface area (Å²) >= 11 is 3.25. The normalized spacial score (nSPS) is 11.4. The number of hydrogen-bond acceptors (Lipinski definition) is 4. The van der Waals surface area contributed by atoms with Gasteiger partial charge in [-0.15, -0.1) is 0 Å². The summed E-state index contributed by atoms with van der Waals surface area (Å²) < 4.78 is 23.6. The number of primary sulfonamides is 1. The Balaban J connectivity index is 2.23. The van der Waals surface area contributed by atoms with Gasteiger partial charge in [0.05, 0.1) is 9.37 Å². The van der Waals surface area contributed by atoms with Gasteiger partial charge in [0.1, 0.15) is 5.75 Å². The van der Waals surface area contributed by atoms with Crippen LogP contribution in [0.5, 0.6) is 5.75 Å². The highest BCUT2D eigenvalue weighted by molar-refractivity contribution is 9.10. The first-order valence-electron chi connectivity index (χ1n) is 6.12. The molecule has 0 aromatic heterocycles. The topological polar surface area (TPSA) is 92.4 Å². The van der Waals surface area contributed by atoms with Crippen LogP contribution in [0.25, 0.3) is 0 Å². The zero-order valence-corrected chi connectivity index (χ0v) is 13.7. The molecule has 0 atom stereocenters. The van der Waals surface area contributed by atoms with Crippen LogP contribution in [0.2, 0.25) is 0 Å². The maximum absolute atomic E-state index is 11.5. The summed E-state index contributed by atoms with van der Waals surface area (Å²) in [7, 11) is -3.73. The van der Waals surface area contributed by atoms with E-state index < -0.39 is 10.0 Å². The lowest BCUT2D eigenvalue weighted by molar-refractivity contribution is 0.471. The molecule has 0 bridgehead atoms. The lowest BCUT2D eigenvalue weighted by atomic mass is 10.1. The molecular weight excluding hydrogens is 356 g/mol. The molecule has 2 rings (SSSR count). The van der Waals surface area contributed by atoms with E-state index in [1.165, 1.54) is 6.07 Å². The Labute approximate surface area is 132 Å². The minimum absolute atomic E-state index is 0.111. The average molecular weight is 371 g/mol. The van der Waals surface area contributed by atoms with E-state index in [0.29, 0.717) is 22.3 Å². The summed E-state index contributed by atoms with van der Waals surface area (Å²) in [6, 6.07) is 10.1. The van der Waals surface area contributed by atoms with Crippen molar-refractivity contribution < 1.29 is 13.5 Å². The maximum atomic E-state index is 11.5. The molecule has 2 aromatic carbocycles. The van der Waals surface area contributed by atoms with Gasteiger partial charge < -0.3 is 10.4 Å². The van der Waals surface area contributed by atoms with Crippen LogP contribution >= 0.6 is 15.9 Å². The lowest BCUT2D eigenvalue weighted by Crippen LogP contribution is -2.14. The predicted octanol–water partition coefficient (Wildman–Crippen LogP) is 2.72. The fourth-order valence-electron chi connectivity index (χ4n) is 1.97. The number of phenolic OH excluding ortho intramolecular Hbond substituents is 1. The van der Waals surface area contributed by atoms with E-state index in [1.54, 1.807) is 37.3 Å². The second-order valence-corrected chi connectivity index (χ2v) is 7.00. The fourth-order valence-corrected chi connectivity index (χ4v) is 3.20. The Kier molecular flexibility index (Phi) is 4.55. The van der Waals surface area contributed by atoms with Crippen LogP contribution in [0.1, 0.15) is 11.1 Å². The largest absolute Gasteiger partial charge is 0.507 e. The quantitative estimate of drug-likeness (QED) is 0.771. The predicted molar refractivity (Wildman–Crippen MR) is 85.7 cm³/mol. The number of phenols is 1. The third kappa shape index (κ3) is 3.75. The van der Waals surface area contributed by atoms with E-state index in [-0.39, 0.29) is 10.6 Å². The number of sulfonamides is 1. The summed E-state index contributed by atoms with van der Waals surface area (Å²) in [4.78, 5) is 0.111. The molecule has 0 aliphatic heterocycles. The molecule has 0 aliphatic carbocycles. The summed E-state index contributed by atoms with van der Waals surface area (Å²) in [6.07, 6.45) is 0. The number of aromatic hydroxyl groups is 1. The van der Waals surface area contributed by atoms with Gasteiger partial charge in [-0.25, -0.2) is 13.6 Å². The molecule has 4 N–H and O–H groups in total. The number of nitrogens with one attached hydrogen (secondary N) is 1. The number of benzene rings is 2. The minimum Gasteiger partial charge on any atom is -0.507 e. The number of hydrogen-bond donors (Lipinski definition) is 3. The smallest absolute Gasteiger partial charge is 0.238 e. The van der Waals surface area contributed by atoms with Gasteiger partial charge in [-0.2, -0.15) is 0 Å². The summed E-state index contributed by atoms with van der Waals surface area (Å²) in [5, 5.41) is 17.8. The molecule has 0 saturated heterocycles. The average Bonchev–Trinajstić information content (AvgIpc) is 2.40. The van der Waals surface area contributed by atoms with Crippen LogP contribution in [0, 0.1) is 6.92 Å². The molecule has 0 unspecified atom stereocenters. The number of nitrogens with two attached hydrogens (primary N) is 1. The van der Waals surface area contributed by atoms with Crippen molar-refractivity contribution in [1.29, 1.82) is 0 Å². The van der Waals surface area contributed by atoms with Gasteiger partial charge >= 0.3 is 0 Å². The van der Waals surface area contributed by atoms with E-state index in [2.05, 4.69) is 21.2 Å². The monoisotopic (exact) mass is 370 g/mol. The molecule has 0 spiro atoms. The molecule has 7 heteroatoms. The molecule has 0 aliphatic rings. The van der Waals surface area contributed by atoms with E-state index in [4.69, 9.17) is 5.14 Å². The number of rotatable bonds is 4. The Morgan fingerprint density at radius 1 is 1.29 bits per heavy atom. The third-order valence-corrected chi connectivity index (χ3v) is 4.78. The van der Waals surface area contributed by atoms with Gasteiger partial charge in [0, 0.05) is 12.2 Å². The molecule has 0 saturated carbocycles. The van der Waals surface area contributed by atoms with Crippen LogP contribution in [0.4, 0.5) is 5.69 Å². The van der Waals surface area contributed by atoms with Crippen molar-refractivity contribution in [1.82, 2.24) is 0 Å². The highest BCUT2D eigenvalue weighted by Gasteiger charge is 2.13. The van der Waals surface area contributed by atoms with Crippen molar-refractivity contribution in [2.45, 2.75) is 18.4 Å². The number of halogens is 1. The minimum atomic E-state index is -3.73. The Morgan fingerprint density at radius 2 is 2.00 bits per heavy atom. The Bertz CT molecular complexity index is 776.